The fourth-order valence-electron chi connectivity index (χ4n) is 1.88. The van der Waals surface area contributed by atoms with Crippen molar-refractivity contribution in [2.75, 3.05) is 5.32 Å². The molecular weight excluding hydrogens is 264 g/mol. The van der Waals surface area contributed by atoms with Gasteiger partial charge >= 0.3 is 11.7 Å². The highest BCUT2D eigenvalue weighted by Gasteiger charge is 2.50. The van der Waals surface area contributed by atoms with Gasteiger partial charge in [0.1, 0.15) is 5.54 Å². The van der Waals surface area contributed by atoms with Gasteiger partial charge in [0.15, 0.2) is 5.75 Å². The van der Waals surface area contributed by atoms with E-state index in [0.717, 1.165) is 0 Å². The summed E-state index contributed by atoms with van der Waals surface area (Å²) in [5.41, 5.74) is -0.568. The Labute approximate surface area is 115 Å². The van der Waals surface area contributed by atoms with Gasteiger partial charge in [-0.15, -0.1) is 0 Å². The molecule has 2 N–H and O–H groups in total. The molecule has 0 radical (unpaired) electrons. The number of anilines is 1. The average Bonchev–Trinajstić information content (AvgIpc) is 3.09. The topological polar surface area (TPSA) is 102 Å². The number of rotatable bonds is 6. The Hall–Kier alpha value is -2.31. The third kappa shape index (κ3) is 2.81. The Balaban J connectivity index is 2.27. The Bertz CT molecular complexity index is 552. The second-order valence-electron chi connectivity index (χ2n) is 5.12. The van der Waals surface area contributed by atoms with E-state index >= 15 is 0 Å². The van der Waals surface area contributed by atoms with Gasteiger partial charge in [-0.1, -0.05) is 0 Å². The van der Waals surface area contributed by atoms with Crippen LogP contribution in [0.1, 0.15) is 26.7 Å². The van der Waals surface area contributed by atoms with Crippen molar-refractivity contribution in [2.24, 2.45) is 0 Å². The van der Waals surface area contributed by atoms with Gasteiger partial charge in [0.2, 0.25) is 0 Å². The maximum absolute atomic E-state index is 11.1. The highest BCUT2D eigenvalue weighted by molar-refractivity contribution is 5.86. The van der Waals surface area contributed by atoms with Crippen molar-refractivity contribution in [1.29, 1.82) is 0 Å². The molecule has 108 valence electrons. The van der Waals surface area contributed by atoms with Gasteiger partial charge in [-0.25, -0.2) is 4.79 Å². The van der Waals surface area contributed by atoms with E-state index in [2.05, 4.69) is 5.32 Å². The van der Waals surface area contributed by atoms with E-state index in [9.17, 15) is 14.9 Å². The number of nitro benzene ring substituents is 1. The zero-order chi connectivity index (χ0) is 14.9. The summed E-state index contributed by atoms with van der Waals surface area (Å²) in [6.07, 6.45) is 0.873. The normalized spacial score (nSPS) is 15.8. The van der Waals surface area contributed by atoms with Crippen LogP contribution in [-0.4, -0.2) is 27.6 Å². The molecule has 1 fully saturated rings. The van der Waals surface area contributed by atoms with Crippen LogP contribution in [0.3, 0.4) is 0 Å². The fraction of sp³-hybridized carbons (Fsp3) is 0.462. The quantitative estimate of drug-likeness (QED) is 0.613. The lowest BCUT2D eigenvalue weighted by molar-refractivity contribution is -0.386. The zero-order valence-corrected chi connectivity index (χ0v) is 11.3. The van der Waals surface area contributed by atoms with Crippen molar-refractivity contribution in [1.82, 2.24) is 0 Å². The lowest BCUT2D eigenvalue weighted by Crippen LogP contribution is -2.31. The van der Waals surface area contributed by atoms with Crippen LogP contribution >= 0.6 is 0 Å². The second kappa shape index (κ2) is 4.99. The maximum Gasteiger partial charge on any atom is 0.329 e. The number of carbonyl (C=O) groups is 1. The summed E-state index contributed by atoms with van der Waals surface area (Å²) in [4.78, 5) is 21.5. The fourth-order valence-corrected chi connectivity index (χ4v) is 1.88. The molecule has 7 nitrogen and oxygen atoms in total. The maximum atomic E-state index is 11.1. The van der Waals surface area contributed by atoms with Gasteiger partial charge in [0.05, 0.1) is 11.0 Å². The first-order chi connectivity index (χ1) is 9.34. The molecule has 2 rings (SSSR count). The first-order valence-electron chi connectivity index (χ1n) is 6.31. The van der Waals surface area contributed by atoms with Crippen molar-refractivity contribution in [3.8, 4) is 5.75 Å². The van der Waals surface area contributed by atoms with E-state index in [-0.39, 0.29) is 17.5 Å². The molecule has 7 heteroatoms. The molecule has 1 aromatic rings. The summed E-state index contributed by atoms with van der Waals surface area (Å²) in [6.45, 7) is 3.53. The number of nitrogens with one attached hydrogen (secondary N) is 1. The van der Waals surface area contributed by atoms with E-state index in [1.54, 1.807) is 13.8 Å². The second-order valence-corrected chi connectivity index (χ2v) is 5.12. The minimum absolute atomic E-state index is 0.135. The standard InChI is InChI=1S/C13H16N2O5/c1-8(2)20-11-7-9(3-4-10(11)15(18)19)14-13(5-6-13)12(16)17/h3-4,7-8,14H,5-6H2,1-2H3,(H,16,17). The van der Waals surface area contributed by atoms with Gasteiger partial charge in [0.25, 0.3) is 0 Å². The van der Waals surface area contributed by atoms with E-state index < -0.39 is 16.4 Å². The van der Waals surface area contributed by atoms with Gasteiger partial charge in [-0.3, -0.25) is 10.1 Å². The number of carboxylic acids is 1. The highest BCUT2D eigenvalue weighted by atomic mass is 16.6. The van der Waals surface area contributed by atoms with Crippen molar-refractivity contribution in [3.05, 3.63) is 28.3 Å². The smallest absolute Gasteiger partial charge is 0.329 e. The monoisotopic (exact) mass is 280 g/mol. The van der Waals surface area contributed by atoms with Crippen molar-refractivity contribution in [3.63, 3.8) is 0 Å². The summed E-state index contributed by atoms with van der Waals surface area (Å²) >= 11 is 0. The number of ether oxygens (including phenoxy) is 1. The first-order valence-corrected chi connectivity index (χ1v) is 6.31. The van der Waals surface area contributed by atoms with E-state index in [0.29, 0.717) is 18.5 Å². The summed E-state index contributed by atoms with van der Waals surface area (Å²) < 4.78 is 5.41. The molecule has 1 saturated carbocycles. The predicted molar refractivity (Wildman–Crippen MR) is 72.1 cm³/mol. The number of nitrogens with zero attached hydrogens (tertiary/aromatic N) is 1. The van der Waals surface area contributed by atoms with Crippen molar-refractivity contribution in [2.45, 2.75) is 38.3 Å². The number of aliphatic carboxylic acids is 1. The number of benzene rings is 1. The molecule has 0 saturated heterocycles. The Kier molecular flexibility index (Phi) is 3.52. The molecule has 1 aliphatic carbocycles. The Morgan fingerprint density at radius 3 is 2.60 bits per heavy atom. The van der Waals surface area contributed by atoms with Crippen LogP contribution in [0, 0.1) is 10.1 Å². The van der Waals surface area contributed by atoms with Gasteiger partial charge in [0, 0.05) is 17.8 Å². The first kappa shape index (κ1) is 14.1. The van der Waals surface area contributed by atoms with E-state index in [1.807, 2.05) is 0 Å². The summed E-state index contributed by atoms with van der Waals surface area (Å²) in [7, 11) is 0. The largest absolute Gasteiger partial charge is 0.484 e. The lowest BCUT2D eigenvalue weighted by Gasteiger charge is -2.16. The van der Waals surface area contributed by atoms with E-state index in [4.69, 9.17) is 9.84 Å². The average molecular weight is 280 g/mol. The number of hydrogen-bond donors (Lipinski definition) is 2. The minimum atomic E-state index is -0.939. The predicted octanol–water partition coefficient (Wildman–Crippen LogP) is 2.41. The van der Waals surface area contributed by atoms with Crippen LogP contribution in [0.4, 0.5) is 11.4 Å². The van der Waals surface area contributed by atoms with Crippen LogP contribution in [0.25, 0.3) is 0 Å². The molecule has 0 amide bonds. The van der Waals surface area contributed by atoms with Gasteiger partial charge in [-0.2, -0.15) is 0 Å². The SMILES string of the molecule is CC(C)Oc1cc(NC2(C(=O)O)CC2)ccc1[N+](=O)[O-]. The summed E-state index contributed by atoms with van der Waals surface area (Å²) in [5, 5.41) is 23.0. The molecule has 20 heavy (non-hydrogen) atoms. The highest BCUT2D eigenvalue weighted by Crippen LogP contribution is 2.40. The number of hydrogen-bond acceptors (Lipinski definition) is 5. The van der Waals surface area contributed by atoms with Crippen molar-refractivity contribution >= 4 is 17.3 Å². The van der Waals surface area contributed by atoms with Crippen LogP contribution in [0.5, 0.6) is 5.75 Å². The Morgan fingerprint density at radius 1 is 1.50 bits per heavy atom. The number of nitro groups is 1. The Morgan fingerprint density at radius 2 is 2.15 bits per heavy atom. The molecule has 1 aliphatic rings. The van der Waals surface area contributed by atoms with Crippen LogP contribution in [0.15, 0.2) is 18.2 Å². The molecule has 1 aromatic carbocycles. The molecule has 0 aliphatic heterocycles. The number of carboxylic acid groups (broad SMARTS) is 1. The summed E-state index contributed by atoms with van der Waals surface area (Å²) in [6, 6.07) is 4.29. The van der Waals surface area contributed by atoms with E-state index in [1.165, 1.54) is 18.2 Å². The minimum Gasteiger partial charge on any atom is -0.484 e. The third-order valence-electron chi connectivity index (χ3n) is 3.06. The molecule has 0 aromatic heterocycles. The zero-order valence-electron chi connectivity index (χ0n) is 11.3. The lowest BCUT2D eigenvalue weighted by atomic mass is 10.2. The van der Waals surface area contributed by atoms with Gasteiger partial charge < -0.3 is 15.2 Å². The molecule has 0 heterocycles. The molecule has 0 unspecified atom stereocenters. The summed E-state index contributed by atoms with van der Waals surface area (Å²) in [5.74, 6) is -0.779. The molecule has 0 bridgehead atoms. The third-order valence-corrected chi connectivity index (χ3v) is 3.06. The molecule has 0 spiro atoms. The van der Waals surface area contributed by atoms with Gasteiger partial charge in [-0.05, 0) is 32.8 Å². The van der Waals surface area contributed by atoms with Crippen LogP contribution in [-0.2, 0) is 4.79 Å². The molecule has 0 atom stereocenters. The molecular formula is C13H16N2O5. The van der Waals surface area contributed by atoms with Crippen LogP contribution in [0.2, 0.25) is 0 Å². The van der Waals surface area contributed by atoms with Crippen LogP contribution < -0.4 is 10.1 Å². The van der Waals surface area contributed by atoms with Crippen molar-refractivity contribution < 1.29 is 19.6 Å².